The molecule has 0 aliphatic carbocycles. The first-order valence-electron chi connectivity index (χ1n) is 7.68. The Hall–Kier alpha value is 0.220. The van der Waals surface area contributed by atoms with Crippen molar-refractivity contribution in [1.29, 1.82) is 0 Å². The first-order chi connectivity index (χ1) is 9.20. The van der Waals surface area contributed by atoms with E-state index in [1.54, 1.807) is 0 Å². The molecule has 22 heavy (non-hydrogen) atoms. The van der Waals surface area contributed by atoms with Crippen LogP contribution in [-0.2, 0) is 4.79 Å². The van der Waals surface area contributed by atoms with E-state index in [9.17, 15) is 4.79 Å². The second kappa shape index (κ2) is 12.6. The van der Waals surface area contributed by atoms with Crippen molar-refractivity contribution in [2.24, 2.45) is 0 Å². The average molecular weight is 378 g/mol. The monoisotopic (exact) mass is 376 g/mol. The van der Waals surface area contributed by atoms with Crippen molar-refractivity contribution in [3.8, 4) is 0 Å². The van der Waals surface area contributed by atoms with Gasteiger partial charge in [-0.3, -0.25) is 9.69 Å². The van der Waals surface area contributed by atoms with Gasteiger partial charge in [0.15, 0.2) is 0 Å². The Morgan fingerprint density at radius 3 is 2.36 bits per heavy atom. The summed E-state index contributed by atoms with van der Waals surface area (Å²) in [5.41, 5.74) is 0. The highest BCUT2D eigenvalue weighted by Crippen LogP contribution is 2.07. The lowest BCUT2D eigenvalue weighted by Crippen LogP contribution is -2.53. The Kier molecular flexibility index (Phi) is 14.0. The molecule has 2 atom stereocenters. The molecular weight excluding hydrogens is 347 g/mol. The minimum absolute atomic E-state index is 0. The summed E-state index contributed by atoms with van der Waals surface area (Å²) in [6.45, 7) is 11.9. The highest BCUT2D eigenvalue weighted by atomic mass is 35.5. The Morgan fingerprint density at radius 2 is 1.86 bits per heavy atom. The van der Waals surface area contributed by atoms with E-state index in [1.807, 2.05) is 0 Å². The molecule has 2 heterocycles. The van der Waals surface area contributed by atoms with Gasteiger partial charge in [-0.05, 0) is 32.9 Å². The van der Waals surface area contributed by atoms with Crippen LogP contribution in [-0.4, -0.2) is 73.6 Å². The molecule has 1 amide bonds. The van der Waals surface area contributed by atoms with Gasteiger partial charge in [-0.2, -0.15) is 0 Å². The standard InChI is InChI=1S/C14H28N4O.3ClH/c1-3-17-7-9-18(10-8-17)12(2)11-16-14(19)13-5-4-6-15-13;;;/h12-13,15H,3-11H2,1-2H3,(H,16,19);3*1H. The molecule has 5 nitrogen and oxygen atoms in total. The maximum Gasteiger partial charge on any atom is 0.237 e. The fourth-order valence-electron chi connectivity index (χ4n) is 2.93. The van der Waals surface area contributed by atoms with Crippen LogP contribution in [0.25, 0.3) is 0 Å². The van der Waals surface area contributed by atoms with Crippen molar-refractivity contribution in [2.75, 3.05) is 45.8 Å². The third kappa shape index (κ3) is 7.20. The van der Waals surface area contributed by atoms with E-state index >= 15 is 0 Å². The molecule has 2 saturated heterocycles. The zero-order valence-electron chi connectivity index (χ0n) is 13.5. The lowest BCUT2D eigenvalue weighted by atomic mass is 10.2. The topological polar surface area (TPSA) is 47.6 Å². The van der Waals surface area contributed by atoms with Crippen LogP contribution in [0.2, 0.25) is 0 Å². The molecular formula is C14H31Cl3N4O. The van der Waals surface area contributed by atoms with Crippen LogP contribution in [0.3, 0.4) is 0 Å². The first-order valence-corrected chi connectivity index (χ1v) is 7.68. The third-order valence-corrected chi connectivity index (χ3v) is 4.43. The fraction of sp³-hybridized carbons (Fsp3) is 0.929. The number of amides is 1. The Labute approximate surface area is 153 Å². The van der Waals surface area contributed by atoms with Crippen molar-refractivity contribution in [3.05, 3.63) is 0 Å². The molecule has 0 bridgehead atoms. The van der Waals surface area contributed by atoms with Crippen molar-refractivity contribution in [1.82, 2.24) is 20.4 Å². The number of hydrogen-bond acceptors (Lipinski definition) is 4. The molecule has 0 radical (unpaired) electrons. The highest BCUT2D eigenvalue weighted by Gasteiger charge is 2.24. The van der Waals surface area contributed by atoms with Crippen LogP contribution in [0.4, 0.5) is 0 Å². The molecule has 2 aliphatic rings. The number of hydrogen-bond donors (Lipinski definition) is 2. The molecule has 0 saturated carbocycles. The molecule has 2 unspecified atom stereocenters. The summed E-state index contributed by atoms with van der Waals surface area (Å²) in [5.74, 6) is 0.177. The van der Waals surface area contributed by atoms with Gasteiger partial charge in [-0.25, -0.2) is 0 Å². The first kappa shape index (κ1) is 24.5. The maximum atomic E-state index is 11.9. The van der Waals surface area contributed by atoms with Gasteiger partial charge in [0.1, 0.15) is 0 Å². The Bertz CT molecular complexity index is 296. The van der Waals surface area contributed by atoms with Crippen molar-refractivity contribution in [3.63, 3.8) is 0 Å². The molecule has 0 aromatic rings. The summed E-state index contributed by atoms with van der Waals surface area (Å²) in [6.07, 6.45) is 2.10. The van der Waals surface area contributed by atoms with Crippen LogP contribution in [0.5, 0.6) is 0 Å². The second-order valence-corrected chi connectivity index (χ2v) is 5.71. The van der Waals surface area contributed by atoms with Crippen LogP contribution >= 0.6 is 37.2 Å². The molecule has 0 spiro atoms. The number of nitrogens with one attached hydrogen (secondary N) is 2. The summed E-state index contributed by atoms with van der Waals surface area (Å²) in [5, 5.41) is 6.33. The number of carbonyl (C=O) groups is 1. The smallest absolute Gasteiger partial charge is 0.237 e. The zero-order chi connectivity index (χ0) is 13.7. The summed E-state index contributed by atoms with van der Waals surface area (Å²) in [6, 6.07) is 0.480. The molecule has 2 rings (SSSR count). The van der Waals surface area contributed by atoms with Gasteiger partial charge < -0.3 is 15.5 Å². The summed E-state index contributed by atoms with van der Waals surface area (Å²) in [4.78, 5) is 16.9. The van der Waals surface area contributed by atoms with Crippen LogP contribution in [0.15, 0.2) is 0 Å². The average Bonchev–Trinajstić information content (AvgIpc) is 2.98. The van der Waals surface area contributed by atoms with E-state index in [2.05, 4.69) is 34.3 Å². The van der Waals surface area contributed by atoms with E-state index in [-0.39, 0.29) is 49.2 Å². The summed E-state index contributed by atoms with van der Waals surface area (Å²) >= 11 is 0. The summed E-state index contributed by atoms with van der Waals surface area (Å²) in [7, 11) is 0. The predicted octanol–water partition coefficient (Wildman–Crippen LogP) is 1.15. The Balaban J connectivity index is 0. The Morgan fingerprint density at radius 1 is 1.23 bits per heavy atom. The van der Waals surface area contributed by atoms with E-state index in [0.29, 0.717) is 6.04 Å². The van der Waals surface area contributed by atoms with Gasteiger partial charge in [0.05, 0.1) is 6.04 Å². The quantitative estimate of drug-likeness (QED) is 0.754. The fourth-order valence-corrected chi connectivity index (χ4v) is 2.93. The van der Waals surface area contributed by atoms with Crippen LogP contribution in [0, 0.1) is 0 Å². The third-order valence-electron chi connectivity index (χ3n) is 4.43. The molecule has 2 fully saturated rings. The zero-order valence-corrected chi connectivity index (χ0v) is 16.0. The molecule has 0 aromatic carbocycles. The van der Waals surface area contributed by atoms with Gasteiger partial charge in [0.25, 0.3) is 0 Å². The van der Waals surface area contributed by atoms with E-state index in [0.717, 1.165) is 58.7 Å². The highest BCUT2D eigenvalue weighted by molar-refractivity contribution is 5.86. The van der Waals surface area contributed by atoms with Gasteiger partial charge in [-0.1, -0.05) is 6.92 Å². The molecule has 8 heteroatoms. The predicted molar refractivity (Wildman–Crippen MR) is 98.9 cm³/mol. The molecule has 2 N–H and O–H groups in total. The van der Waals surface area contributed by atoms with E-state index in [4.69, 9.17) is 0 Å². The second-order valence-electron chi connectivity index (χ2n) is 5.71. The summed E-state index contributed by atoms with van der Waals surface area (Å²) < 4.78 is 0. The van der Waals surface area contributed by atoms with E-state index < -0.39 is 0 Å². The molecule has 134 valence electrons. The number of nitrogens with zero attached hydrogens (tertiary/aromatic N) is 2. The number of halogens is 3. The number of piperazine rings is 1. The lowest BCUT2D eigenvalue weighted by molar-refractivity contribution is -0.123. The maximum absolute atomic E-state index is 11.9. The lowest BCUT2D eigenvalue weighted by Gasteiger charge is -2.37. The normalized spacial score (nSPS) is 23.6. The largest absolute Gasteiger partial charge is 0.353 e. The van der Waals surface area contributed by atoms with Gasteiger partial charge in [-0.15, -0.1) is 37.2 Å². The van der Waals surface area contributed by atoms with Crippen molar-refractivity contribution in [2.45, 2.75) is 38.8 Å². The minimum Gasteiger partial charge on any atom is -0.353 e. The number of rotatable bonds is 5. The SMILES string of the molecule is CCN1CCN(C(C)CNC(=O)C2CCCN2)CC1.Cl.Cl.Cl. The van der Waals surface area contributed by atoms with Gasteiger partial charge in [0.2, 0.25) is 5.91 Å². The van der Waals surface area contributed by atoms with Gasteiger partial charge >= 0.3 is 0 Å². The minimum atomic E-state index is 0. The number of likely N-dealkylation sites (N-methyl/N-ethyl adjacent to an activating group) is 1. The van der Waals surface area contributed by atoms with Crippen LogP contribution < -0.4 is 10.6 Å². The van der Waals surface area contributed by atoms with Crippen molar-refractivity contribution >= 4 is 43.1 Å². The van der Waals surface area contributed by atoms with E-state index in [1.165, 1.54) is 0 Å². The number of carbonyl (C=O) groups excluding carboxylic acids is 1. The van der Waals surface area contributed by atoms with Gasteiger partial charge in [0, 0.05) is 38.8 Å². The van der Waals surface area contributed by atoms with Crippen molar-refractivity contribution < 1.29 is 4.79 Å². The molecule has 2 aliphatic heterocycles. The van der Waals surface area contributed by atoms with Crippen LogP contribution in [0.1, 0.15) is 26.7 Å². The molecule has 0 aromatic heterocycles.